The Hall–Kier alpha value is -2.30. The summed E-state index contributed by atoms with van der Waals surface area (Å²) in [5.74, 6) is 0.330. The number of allylic oxidation sites excluding steroid dienone is 1. The predicted octanol–water partition coefficient (Wildman–Crippen LogP) is 1.57. The molecule has 1 fully saturated rings. The van der Waals surface area contributed by atoms with Crippen LogP contribution in [0, 0.1) is 0 Å². The van der Waals surface area contributed by atoms with Crippen molar-refractivity contribution in [2.45, 2.75) is 13.3 Å². The first kappa shape index (κ1) is 15.1. The van der Waals surface area contributed by atoms with Crippen LogP contribution < -0.4 is 5.32 Å². The lowest BCUT2D eigenvalue weighted by Gasteiger charge is -2.31. The highest BCUT2D eigenvalue weighted by Gasteiger charge is 2.19. The fourth-order valence-corrected chi connectivity index (χ4v) is 2.20. The number of hydrogen-bond acceptors (Lipinski definition) is 5. The van der Waals surface area contributed by atoms with E-state index in [1.54, 1.807) is 25.1 Å². The second-order valence-corrected chi connectivity index (χ2v) is 4.77. The Bertz CT molecular complexity index is 526. The first-order chi connectivity index (χ1) is 10.2. The second kappa shape index (κ2) is 7.47. The molecule has 0 amide bonds. The Labute approximate surface area is 124 Å². The molecule has 1 aromatic rings. The van der Waals surface area contributed by atoms with E-state index >= 15 is 0 Å². The third kappa shape index (κ3) is 4.34. The zero-order valence-corrected chi connectivity index (χ0v) is 12.2. The maximum absolute atomic E-state index is 12.2. The number of carbonyl (C=O) groups is 2. The van der Waals surface area contributed by atoms with Gasteiger partial charge in [0.05, 0.1) is 6.61 Å². The van der Waals surface area contributed by atoms with Crippen molar-refractivity contribution in [1.82, 2.24) is 10.2 Å². The quantitative estimate of drug-likeness (QED) is 0.506. The van der Waals surface area contributed by atoms with Crippen molar-refractivity contribution in [3.63, 3.8) is 0 Å². The van der Waals surface area contributed by atoms with Crippen molar-refractivity contribution in [1.29, 1.82) is 0 Å². The first-order valence-electron chi connectivity index (χ1n) is 7.16. The molecule has 1 saturated heterocycles. The van der Waals surface area contributed by atoms with E-state index in [1.165, 1.54) is 0 Å². The van der Waals surface area contributed by atoms with Gasteiger partial charge in [-0.15, -0.1) is 0 Å². The molecule has 112 valence electrons. The number of benzene rings is 1. The normalized spacial score (nSPS) is 16.4. The Morgan fingerprint density at radius 3 is 2.81 bits per heavy atom. The van der Waals surface area contributed by atoms with Crippen molar-refractivity contribution < 1.29 is 14.3 Å². The summed E-state index contributed by atoms with van der Waals surface area (Å²) in [6.07, 6.45) is 2.48. The summed E-state index contributed by atoms with van der Waals surface area (Å²) in [5, 5.41) is 3.18. The maximum atomic E-state index is 12.2. The number of esters is 1. The van der Waals surface area contributed by atoms with Crippen molar-refractivity contribution in [3.05, 3.63) is 47.8 Å². The molecular weight excluding hydrogens is 268 g/mol. The fourth-order valence-electron chi connectivity index (χ4n) is 2.20. The zero-order valence-electron chi connectivity index (χ0n) is 12.2. The van der Waals surface area contributed by atoms with Gasteiger partial charge in [0.1, 0.15) is 12.4 Å². The fraction of sp³-hybridized carbons (Fsp3) is 0.375. The molecule has 1 N–H and O–H groups in total. The highest BCUT2D eigenvalue weighted by molar-refractivity contribution is 6.04. The van der Waals surface area contributed by atoms with E-state index in [-0.39, 0.29) is 18.3 Å². The van der Waals surface area contributed by atoms with Gasteiger partial charge in [0, 0.05) is 24.7 Å². The molecule has 0 aromatic heterocycles. The monoisotopic (exact) mass is 288 g/mol. The van der Waals surface area contributed by atoms with Gasteiger partial charge in [0.15, 0.2) is 5.78 Å². The predicted molar refractivity (Wildman–Crippen MR) is 79.7 cm³/mol. The molecule has 0 spiro atoms. The summed E-state index contributed by atoms with van der Waals surface area (Å²) >= 11 is 0. The summed E-state index contributed by atoms with van der Waals surface area (Å²) < 4.78 is 4.96. The lowest BCUT2D eigenvalue weighted by molar-refractivity contribution is -0.144. The average molecular weight is 288 g/mol. The van der Waals surface area contributed by atoms with Crippen LogP contribution in [0.4, 0.5) is 0 Å². The van der Waals surface area contributed by atoms with Gasteiger partial charge < -0.3 is 15.0 Å². The van der Waals surface area contributed by atoms with Crippen molar-refractivity contribution in [3.8, 4) is 0 Å². The maximum Gasteiger partial charge on any atom is 0.325 e. The van der Waals surface area contributed by atoms with E-state index in [9.17, 15) is 9.59 Å². The lowest BCUT2D eigenvalue weighted by Crippen LogP contribution is -2.42. The van der Waals surface area contributed by atoms with Crippen LogP contribution >= 0.6 is 0 Å². The van der Waals surface area contributed by atoms with Crippen LogP contribution in [0.15, 0.2) is 42.2 Å². The Morgan fingerprint density at radius 1 is 1.33 bits per heavy atom. The number of ketones is 1. The summed E-state index contributed by atoms with van der Waals surface area (Å²) in [7, 11) is 0. The topological polar surface area (TPSA) is 58.6 Å². The molecule has 0 unspecified atom stereocenters. The molecule has 1 aromatic carbocycles. The van der Waals surface area contributed by atoms with Crippen molar-refractivity contribution >= 4 is 11.8 Å². The van der Waals surface area contributed by atoms with Crippen LogP contribution in [0.25, 0.3) is 0 Å². The average Bonchev–Trinajstić information content (AvgIpc) is 2.50. The van der Waals surface area contributed by atoms with E-state index in [1.807, 2.05) is 23.1 Å². The minimum atomic E-state index is -0.278. The molecule has 5 nitrogen and oxygen atoms in total. The SMILES string of the molecule is CCOC(=O)CN1CCCN/C1=C\C(=O)c1ccccc1. The molecule has 5 heteroatoms. The summed E-state index contributed by atoms with van der Waals surface area (Å²) in [6, 6.07) is 9.08. The Kier molecular flexibility index (Phi) is 5.37. The largest absolute Gasteiger partial charge is 0.465 e. The van der Waals surface area contributed by atoms with Crippen molar-refractivity contribution in [2.75, 3.05) is 26.2 Å². The van der Waals surface area contributed by atoms with Crippen LogP contribution in [0.5, 0.6) is 0 Å². The van der Waals surface area contributed by atoms with Crippen LogP contribution in [0.3, 0.4) is 0 Å². The van der Waals surface area contributed by atoms with Gasteiger partial charge in [-0.3, -0.25) is 9.59 Å². The highest BCUT2D eigenvalue weighted by atomic mass is 16.5. The number of carbonyl (C=O) groups excluding carboxylic acids is 2. The van der Waals surface area contributed by atoms with E-state index < -0.39 is 0 Å². The molecule has 0 aliphatic carbocycles. The molecule has 0 bridgehead atoms. The van der Waals surface area contributed by atoms with Crippen molar-refractivity contribution in [2.24, 2.45) is 0 Å². The summed E-state index contributed by atoms with van der Waals surface area (Å²) in [6.45, 7) is 3.84. The van der Waals surface area contributed by atoms with Gasteiger partial charge >= 0.3 is 5.97 Å². The third-order valence-corrected chi connectivity index (χ3v) is 3.20. The molecule has 0 radical (unpaired) electrons. The molecule has 0 saturated carbocycles. The van der Waals surface area contributed by atoms with Gasteiger partial charge in [0.2, 0.25) is 0 Å². The molecule has 21 heavy (non-hydrogen) atoms. The molecule has 2 rings (SSSR count). The lowest BCUT2D eigenvalue weighted by atomic mass is 10.1. The van der Waals surface area contributed by atoms with Gasteiger partial charge in [-0.1, -0.05) is 30.3 Å². The van der Waals surface area contributed by atoms with Gasteiger partial charge in [0.25, 0.3) is 0 Å². The number of hydrogen-bond donors (Lipinski definition) is 1. The smallest absolute Gasteiger partial charge is 0.325 e. The van der Waals surface area contributed by atoms with E-state index in [4.69, 9.17) is 4.74 Å². The van der Waals surface area contributed by atoms with Gasteiger partial charge in [-0.05, 0) is 13.3 Å². The molecule has 1 aliphatic rings. The minimum Gasteiger partial charge on any atom is -0.465 e. The molecular formula is C16H20N2O3. The first-order valence-corrected chi connectivity index (χ1v) is 7.16. The van der Waals surface area contributed by atoms with E-state index in [0.29, 0.717) is 18.0 Å². The highest BCUT2D eigenvalue weighted by Crippen LogP contribution is 2.10. The van der Waals surface area contributed by atoms with E-state index in [0.717, 1.165) is 19.5 Å². The van der Waals surface area contributed by atoms with Gasteiger partial charge in [-0.2, -0.15) is 0 Å². The number of ether oxygens (including phenoxy) is 1. The van der Waals surface area contributed by atoms with Crippen LogP contribution in [-0.4, -0.2) is 42.9 Å². The molecule has 0 atom stereocenters. The molecule has 1 heterocycles. The van der Waals surface area contributed by atoms with Crippen LogP contribution in [0.1, 0.15) is 23.7 Å². The van der Waals surface area contributed by atoms with Crippen LogP contribution in [-0.2, 0) is 9.53 Å². The molecule has 1 aliphatic heterocycles. The number of nitrogens with one attached hydrogen (secondary N) is 1. The number of rotatable bonds is 5. The third-order valence-electron chi connectivity index (χ3n) is 3.20. The van der Waals surface area contributed by atoms with Crippen LogP contribution in [0.2, 0.25) is 0 Å². The standard InChI is InChI=1S/C16H20N2O3/c1-2-21-16(20)12-18-10-6-9-17-15(18)11-14(19)13-7-4-3-5-8-13/h3-5,7-8,11,17H,2,6,9-10,12H2,1H3/b15-11+. The Balaban J connectivity index is 2.09. The Morgan fingerprint density at radius 2 is 2.10 bits per heavy atom. The van der Waals surface area contributed by atoms with E-state index in [2.05, 4.69) is 5.32 Å². The zero-order chi connectivity index (χ0) is 15.1. The summed E-state index contributed by atoms with van der Waals surface area (Å²) in [5.41, 5.74) is 0.633. The second-order valence-electron chi connectivity index (χ2n) is 4.77. The minimum absolute atomic E-state index is 0.0751. The van der Waals surface area contributed by atoms with Gasteiger partial charge in [-0.25, -0.2) is 0 Å². The summed E-state index contributed by atoms with van der Waals surface area (Å²) in [4.78, 5) is 25.7. The number of nitrogens with zero attached hydrogens (tertiary/aromatic N) is 1.